The van der Waals surface area contributed by atoms with Gasteiger partial charge >= 0.3 is 0 Å². The highest BCUT2D eigenvalue weighted by Gasteiger charge is 2.40. The molecular weight excluding hydrogens is 604 g/mol. The van der Waals surface area contributed by atoms with Gasteiger partial charge < -0.3 is 14.8 Å². The van der Waals surface area contributed by atoms with Crippen LogP contribution in [-0.4, -0.2) is 51.9 Å². The number of carbonyl (C=O) groups is 1. The highest BCUT2D eigenvalue weighted by molar-refractivity contribution is 8.22. The third-order valence-electron chi connectivity index (χ3n) is 8.28. The van der Waals surface area contributed by atoms with Crippen molar-refractivity contribution in [2.75, 3.05) is 11.9 Å². The number of pyridine rings is 1. The summed E-state index contributed by atoms with van der Waals surface area (Å²) in [4.78, 5) is 18.3. The summed E-state index contributed by atoms with van der Waals surface area (Å²) in [5.41, 5.74) is 2.86. The molecule has 4 aromatic rings. The molecule has 0 radical (unpaired) electrons. The van der Waals surface area contributed by atoms with Crippen LogP contribution in [0.15, 0.2) is 78.1 Å². The van der Waals surface area contributed by atoms with Crippen LogP contribution in [0.3, 0.4) is 0 Å². The fraction of sp³-hybridized carbons (Fsp3) is 0.412. The van der Waals surface area contributed by atoms with E-state index in [0.29, 0.717) is 35.0 Å². The van der Waals surface area contributed by atoms with Gasteiger partial charge in [-0.05, 0) is 74.6 Å². The number of para-hydroxylation sites is 1. The third kappa shape index (κ3) is 7.42. The van der Waals surface area contributed by atoms with Gasteiger partial charge in [-0.1, -0.05) is 49.4 Å². The van der Waals surface area contributed by atoms with Crippen LogP contribution < -0.4 is 10.1 Å². The van der Waals surface area contributed by atoms with Crippen LogP contribution in [0, 0.1) is 12.3 Å². The number of carbonyl (C=O) groups excluding carboxylic acids is 1. The van der Waals surface area contributed by atoms with Crippen LogP contribution in [-0.2, 0) is 29.2 Å². The largest absolute Gasteiger partial charge is 0.487 e. The molecule has 246 valence electrons. The Labute approximate surface area is 272 Å². The maximum absolute atomic E-state index is 13.8. The predicted octanol–water partition coefficient (Wildman–Crippen LogP) is 7.01. The average Bonchev–Trinajstić information content (AvgIpc) is 3.45. The lowest BCUT2D eigenvalue weighted by atomic mass is 9.80. The first-order chi connectivity index (χ1) is 22.0. The lowest BCUT2D eigenvalue weighted by Gasteiger charge is -2.42. The minimum atomic E-state index is -3.35. The topological polar surface area (TPSA) is 135 Å². The first kappa shape index (κ1) is 33.6. The van der Waals surface area contributed by atoms with Gasteiger partial charge in [-0.3, -0.25) is 23.6 Å². The standard InChI is InChI=1S/C34H44N6O5S/c1-6-17-39-21-28(37-38-39)23-44-32(34(4,5)33(41)36-27-11-10-16-35-19-27)25-15-14-24(3)26(18-25)20-40-22-29(7-2)45-30-12-8-9-13-31(30)46(40,42)43/h8-16,18-19,21,29,32,42-43H,6-7,17,20,22-23H2,1-5H3,(H,36,41). The zero-order valence-electron chi connectivity index (χ0n) is 27.1. The summed E-state index contributed by atoms with van der Waals surface area (Å²) in [5.74, 6) is 0.261. The number of rotatable bonds is 12. The van der Waals surface area contributed by atoms with Gasteiger partial charge in [0.15, 0.2) is 0 Å². The first-order valence-corrected chi connectivity index (χ1v) is 17.1. The van der Waals surface area contributed by atoms with Crippen LogP contribution in [0.5, 0.6) is 5.75 Å². The Morgan fingerprint density at radius 1 is 1.17 bits per heavy atom. The molecule has 0 saturated carbocycles. The number of aromatic nitrogens is 4. The normalized spacial score (nSPS) is 17.8. The third-order valence-corrected chi connectivity index (χ3v) is 10.2. The molecule has 0 saturated heterocycles. The number of hydrogen-bond acceptors (Lipinski definition) is 9. The van der Waals surface area contributed by atoms with E-state index in [9.17, 15) is 13.9 Å². The summed E-state index contributed by atoms with van der Waals surface area (Å²) < 4.78 is 39.4. The molecular formula is C34H44N6O5S. The lowest BCUT2D eigenvalue weighted by molar-refractivity contribution is -0.134. The molecule has 3 N–H and O–H groups in total. The van der Waals surface area contributed by atoms with Gasteiger partial charge in [-0.25, -0.2) is 0 Å². The van der Waals surface area contributed by atoms with E-state index in [1.54, 1.807) is 51.7 Å². The smallest absolute Gasteiger partial charge is 0.233 e. The second-order valence-electron chi connectivity index (χ2n) is 12.2. The van der Waals surface area contributed by atoms with Crippen molar-refractivity contribution < 1.29 is 23.4 Å². The number of ether oxygens (including phenoxy) is 2. The molecule has 12 heteroatoms. The van der Waals surface area contributed by atoms with E-state index in [-0.39, 0.29) is 25.2 Å². The molecule has 0 spiro atoms. The lowest BCUT2D eigenvalue weighted by Crippen LogP contribution is -2.38. The predicted molar refractivity (Wildman–Crippen MR) is 178 cm³/mol. The molecule has 1 amide bonds. The van der Waals surface area contributed by atoms with Crippen molar-refractivity contribution in [1.29, 1.82) is 0 Å². The van der Waals surface area contributed by atoms with Crippen molar-refractivity contribution in [3.63, 3.8) is 0 Å². The number of nitrogens with one attached hydrogen (secondary N) is 1. The fourth-order valence-electron chi connectivity index (χ4n) is 5.52. The number of benzene rings is 2. The van der Waals surface area contributed by atoms with Crippen molar-refractivity contribution in [3.8, 4) is 5.75 Å². The molecule has 0 aliphatic carbocycles. The van der Waals surface area contributed by atoms with E-state index in [0.717, 1.165) is 29.7 Å². The summed E-state index contributed by atoms with van der Waals surface area (Å²) in [6.07, 6.45) is 5.85. The summed E-state index contributed by atoms with van der Waals surface area (Å²) in [5, 5.41) is 11.4. The molecule has 2 aromatic carbocycles. The fourth-order valence-corrected chi connectivity index (χ4v) is 7.14. The SMILES string of the molecule is CCCn1cc(COC(c2ccc(C)c(CN3CC(CC)Oc4ccccc4S3(O)O)c2)C(C)(C)C(=O)Nc2cccnc2)nn1. The summed E-state index contributed by atoms with van der Waals surface area (Å²) >= 11 is 0. The molecule has 46 heavy (non-hydrogen) atoms. The number of amides is 1. The Hall–Kier alpha value is -3.81. The number of fused-ring (bicyclic) bond motifs is 1. The molecule has 1 aliphatic rings. The quantitative estimate of drug-likeness (QED) is 0.148. The Morgan fingerprint density at radius 2 is 1.98 bits per heavy atom. The number of aryl methyl sites for hydroxylation is 2. The summed E-state index contributed by atoms with van der Waals surface area (Å²) in [6, 6.07) is 16.6. The zero-order chi connectivity index (χ0) is 32.9. The molecule has 2 aromatic heterocycles. The van der Waals surface area contributed by atoms with Gasteiger partial charge in [0, 0.05) is 19.3 Å². The molecule has 2 unspecified atom stereocenters. The van der Waals surface area contributed by atoms with Crippen molar-refractivity contribution >= 4 is 22.4 Å². The highest BCUT2D eigenvalue weighted by atomic mass is 32.3. The minimum Gasteiger partial charge on any atom is -0.487 e. The monoisotopic (exact) mass is 648 g/mol. The molecule has 2 atom stereocenters. The van der Waals surface area contributed by atoms with Gasteiger partial charge in [-0.15, -0.1) is 15.9 Å². The number of hydrogen-bond donors (Lipinski definition) is 3. The molecule has 3 heterocycles. The van der Waals surface area contributed by atoms with Crippen molar-refractivity contribution in [2.24, 2.45) is 5.41 Å². The second kappa shape index (κ2) is 14.3. The average molecular weight is 649 g/mol. The molecule has 5 rings (SSSR count). The van der Waals surface area contributed by atoms with Crippen LogP contribution in [0.4, 0.5) is 5.69 Å². The van der Waals surface area contributed by atoms with E-state index in [1.165, 1.54) is 0 Å². The zero-order valence-corrected chi connectivity index (χ0v) is 27.9. The van der Waals surface area contributed by atoms with E-state index in [1.807, 2.05) is 58.2 Å². The number of anilines is 1. The van der Waals surface area contributed by atoms with Crippen LogP contribution in [0.25, 0.3) is 0 Å². The van der Waals surface area contributed by atoms with E-state index in [2.05, 4.69) is 27.5 Å². The second-order valence-corrected chi connectivity index (χ2v) is 14.2. The van der Waals surface area contributed by atoms with E-state index < -0.39 is 22.3 Å². The maximum atomic E-state index is 13.8. The van der Waals surface area contributed by atoms with Crippen molar-refractivity contribution in [2.45, 2.75) is 84.3 Å². The van der Waals surface area contributed by atoms with Gasteiger partial charge in [0.2, 0.25) is 5.91 Å². The first-order valence-electron chi connectivity index (χ1n) is 15.6. The maximum Gasteiger partial charge on any atom is 0.233 e. The molecule has 11 nitrogen and oxygen atoms in total. The van der Waals surface area contributed by atoms with Gasteiger partial charge in [0.1, 0.15) is 22.4 Å². The molecule has 1 aliphatic heterocycles. The van der Waals surface area contributed by atoms with Gasteiger partial charge in [-0.2, -0.15) is 4.31 Å². The summed E-state index contributed by atoms with van der Waals surface area (Å²) in [7, 11) is -3.35. The van der Waals surface area contributed by atoms with Crippen LogP contribution >= 0.6 is 10.8 Å². The highest BCUT2D eigenvalue weighted by Crippen LogP contribution is 2.57. The minimum absolute atomic E-state index is 0.153. The Bertz CT molecular complexity index is 1630. The molecule has 0 fully saturated rings. The Balaban J connectivity index is 1.48. The van der Waals surface area contributed by atoms with Gasteiger partial charge in [0.05, 0.1) is 42.8 Å². The Morgan fingerprint density at radius 3 is 2.72 bits per heavy atom. The summed E-state index contributed by atoms with van der Waals surface area (Å²) in [6.45, 7) is 11.3. The van der Waals surface area contributed by atoms with E-state index in [4.69, 9.17) is 9.47 Å². The van der Waals surface area contributed by atoms with Crippen LogP contribution in [0.1, 0.15) is 69.0 Å². The number of nitrogens with zero attached hydrogens (tertiary/aromatic N) is 5. The van der Waals surface area contributed by atoms with Crippen molar-refractivity contribution in [1.82, 2.24) is 24.3 Å². The van der Waals surface area contributed by atoms with Crippen molar-refractivity contribution in [3.05, 3.63) is 95.6 Å². The van der Waals surface area contributed by atoms with Crippen LogP contribution in [0.2, 0.25) is 0 Å². The Kier molecular flexibility index (Phi) is 10.4. The molecule has 0 bridgehead atoms. The van der Waals surface area contributed by atoms with Gasteiger partial charge in [0.25, 0.3) is 0 Å². The van der Waals surface area contributed by atoms with E-state index >= 15 is 0 Å².